The molecular weight excluding hydrogens is 200 g/mol. The van der Waals surface area contributed by atoms with Gasteiger partial charge in [0.2, 0.25) is 0 Å². The summed E-state index contributed by atoms with van der Waals surface area (Å²) in [5.41, 5.74) is 0. The number of carboxylic acids is 1. The first-order chi connectivity index (χ1) is 6.68. The lowest BCUT2D eigenvalue weighted by Gasteiger charge is -2.06. The first-order valence-corrected chi connectivity index (χ1v) is 5.22. The molecular formula is C9H12N2O2S. The lowest BCUT2D eigenvalue weighted by atomic mass is 10.2. The maximum absolute atomic E-state index is 10.3. The standard InChI is InChI=1S/C9H12N2O2S/c1-7(3-4-8(12)13)14-9-10-5-2-6-11-9/h2,5-7H,3-4H2,1H3,(H,12,13). The quantitative estimate of drug-likeness (QED) is 0.596. The van der Waals surface area contributed by atoms with Crippen molar-refractivity contribution in [2.24, 2.45) is 0 Å². The van der Waals surface area contributed by atoms with Crippen molar-refractivity contribution < 1.29 is 9.90 Å². The molecule has 0 aromatic carbocycles. The summed E-state index contributed by atoms with van der Waals surface area (Å²) in [6.07, 6.45) is 4.19. The molecule has 0 aliphatic heterocycles. The largest absolute Gasteiger partial charge is 0.481 e. The van der Waals surface area contributed by atoms with Gasteiger partial charge in [0.1, 0.15) is 0 Å². The summed E-state index contributed by atoms with van der Waals surface area (Å²) in [4.78, 5) is 18.4. The fraction of sp³-hybridized carbons (Fsp3) is 0.444. The lowest BCUT2D eigenvalue weighted by Crippen LogP contribution is -2.03. The number of rotatable bonds is 5. The van der Waals surface area contributed by atoms with Crippen molar-refractivity contribution in [1.29, 1.82) is 0 Å². The van der Waals surface area contributed by atoms with Crippen molar-refractivity contribution in [3.63, 3.8) is 0 Å². The van der Waals surface area contributed by atoms with Crippen molar-refractivity contribution in [3.05, 3.63) is 18.5 Å². The highest BCUT2D eigenvalue weighted by Gasteiger charge is 2.08. The van der Waals surface area contributed by atoms with Gasteiger partial charge in [-0.2, -0.15) is 0 Å². The van der Waals surface area contributed by atoms with Crippen LogP contribution >= 0.6 is 11.8 Å². The van der Waals surface area contributed by atoms with E-state index in [2.05, 4.69) is 9.97 Å². The van der Waals surface area contributed by atoms with E-state index in [0.29, 0.717) is 11.6 Å². The van der Waals surface area contributed by atoms with Gasteiger partial charge in [-0.3, -0.25) is 4.79 Å². The highest BCUT2D eigenvalue weighted by molar-refractivity contribution is 7.99. The Balaban J connectivity index is 2.34. The molecule has 0 spiro atoms. The molecule has 1 aromatic rings. The molecule has 1 N–H and O–H groups in total. The topological polar surface area (TPSA) is 63.1 Å². The number of carbonyl (C=O) groups is 1. The summed E-state index contributed by atoms with van der Waals surface area (Å²) >= 11 is 1.50. The van der Waals surface area contributed by atoms with Crippen LogP contribution in [-0.2, 0) is 4.79 Å². The molecule has 76 valence electrons. The minimum atomic E-state index is -0.758. The van der Waals surface area contributed by atoms with Gasteiger partial charge in [0, 0.05) is 24.1 Å². The normalized spacial score (nSPS) is 12.4. The molecule has 0 saturated heterocycles. The average Bonchev–Trinajstić information content (AvgIpc) is 2.16. The van der Waals surface area contributed by atoms with E-state index in [9.17, 15) is 4.79 Å². The third-order valence-electron chi connectivity index (χ3n) is 1.61. The van der Waals surface area contributed by atoms with Crippen molar-refractivity contribution >= 4 is 17.7 Å². The van der Waals surface area contributed by atoms with E-state index in [1.54, 1.807) is 18.5 Å². The molecule has 0 aliphatic rings. The van der Waals surface area contributed by atoms with Gasteiger partial charge < -0.3 is 5.11 Å². The Morgan fingerprint density at radius 3 is 2.79 bits per heavy atom. The number of hydrogen-bond acceptors (Lipinski definition) is 4. The van der Waals surface area contributed by atoms with Gasteiger partial charge in [-0.15, -0.1) is 0 Å². The summed E-state index contributed by atoms with van der Waals surface area (Å²) in [5.74, 6) is -0.758. The van der Waals surface area contributed by atoms with E-state index < -0.39 is 5.97 Å². The highest BCUT2D eigenvalue weighted by Crippen LogP contribution is 2.21. The third kappa shape index (κ3) is 4.23. The Labute approximate surface area is 86.8 Å². The SMILES string of the molecule is CC(CCC(=O)O)Sc1ncccn1. The molecule has 1 rings (SSSR count). The Morgan fingerprint density at radius 1 is 1.57 bits per heavy atom. The summed E-state index contributed by atoms with van der Waals surface area (Å²) in [6.45, 7) is 1.98. The molecule has 1 heterocycles. The minimum absolute atomic E-state index is 0.195. The Bertz CT molecular complexity index is 292. The van der Waals surface area contributed by atoms with Crippen molar-refractivity contribution in [2.75, 3.05) is 0 Å². The zero-order valence-corrected chi connectivity index (χ0v) is 8.70. The summed E-state index contributed by atoms with van der Waals surface area (Å²) in [6, 6.07) is 1.76. The number of thioether (sulfide) groups is 1. The van der Waals surface area contributed by atoms with Gasteiger partial charge in [-0.1, -0.05) is 18.7 Å². The number of hydrogen-bond donors (Lipinski definition) is 1. The highest BCUT2D eigenvalue weighted by atomic mass is 32.2. The molecule has 0 radical (unpaired) electrons. The maximum atomic E-state index is 10.3. The third-order valence-corrected chi connectivity index (χ3v) is 2.67. The summed E-state index contributed by atoms with van der Waals surface area (Å²) < 4.78 is 0. The zero-order chi connectivity index (χ0) is 10.4. The molecule has 0 fully saturated rings. The molecule has 14 heavy (non-hydrogen) atoms. The first-order valence-electron chi connectivity index (χ1n) is 4.34. The van der Waals surface area contributed by atoms with Crippen LogP contribution in [0.1, 0.15) is 19.8 Å². The minimum Gasteiger partial charge on any atom is -0.481 e. The zero-order valence-electron chi connectivity index (χ0n) is 7.88. The van der Waals surface area contributed by atoms with Crippen LogP contribution in [0.2, 0.25) is 0 Å². The summed E-state index contributed by atoms with van der Waals surface area (Å²) in [7, 11) is 0. The van der Waals surface area contributed by atoms with Crippen LogP contribution in [-0.4, -0.2) is 26.3 Å². The van der Waals surface area contributed by atoms with Gasteiger partial charge in [0.25, 0.3) is 0 Å². The monoisotopic (exact) mass is 212 g/mol. The Hall–Kier alpha value is -1.10. The molecule has 0 saturated carbocycles. The average molecular weight is 212 g/mol. The van der Waals surface area contributed by atoms with Crippen LogP contribution in [0.25, 0.3) is 0 Å². The lowest BCUT2D eigenvalue weighted by molar-refractivity contribution is -0.137. The van der Waals surface area contributed by atoms with E-state index >= 15 is 0 Å². The molecule has 1 aromatic heterocycles. The van der Waals surface area contributed by atoms with Crippen molar-refractivity contribution in [3.8, 4) is 0 Å². The Morgan fingerprint density at radius 2 is 2.21 bits per heavy atom. The van der Waals surface area contributed by atoms with E-state index in [1.165, 1.54) is 11.8 Å². The fourth-order valence-electron chi connectivity index (χ4n) is 0.912. The van der Waals surface area contributed by atoms with Crippen LogP contribution in [0.5, 0.6) is 0 Å². The smallest absolute Gasteiger partial charge is 0.303 e. The fourth-order valence-corrected chi connectivity index (χ4v) is 1.75. The number of aromatic nitrogens is 2. The second kappa shape index (κ2) is 5.59. The molecule has 4 nitrogen and oxygen atoms in total. The number of aliphatic carboxylic acids is 1. The van der Waals surface area contributed by atoms with Crippen LogP contribution < -0.4 is 0 Å². The predicted octanol–water partition coefficient (Wildman–Crippen LogP) is 1.82. The predicted molar refractivity (Wildman–Crippen MR) is 54.2 cm³/mol. The molecule has 5 heteroatoms. The van der Waals surface area contributed by atoms with Crippen LogP contribution in [0.3, 0.4) is 0 Å². The second-order valence-corrected chi connectivity index (χ2v) is 4.30. The Kier molecular flexibility index (Phi) is 4.39. The molecule has 0 amide bonds. The van der Waals surface area contributed by atoms with Gasteiger partial charge in [0.15, 0.2) is 5.16 Å². The molecule has 0 aliphatic carbocycles. The van der Waals surface area contributed by atoms with E-state index in [0.717, 1.165) is 0 Å². The van der Waals surface area contributed by atoms with Crippen LogP contribution in [0.4, 0.5) is 0 Å². The van der Waals surface area contributed by atoms with E-state index in [1.807, 2.05) is 6.92 Å². The number of carboxylic acid groups (broad SMARTS) is 1. The molecule has 0 bridgehead atoms. The molecule has 1 unspecified atom stereocenters. The van der Waals surface area contributed by atoms with E-state index in [-0.39, 0.29) is 11.7 Å². The van der Waals surface area contributed by atoms with Crippen LogP contribution in [0.15, 0.2) is 23.6 Å². The molecule has 1 atom stereocenters. The second-order valence-electron chi connectivity index (χ2n) is 2.89. The van der Waals surface area contributed by atoms with E-state index in [4.69, 9.17) is 5.11 Å². The van der Waals surface area contributed by atoms with Crippen molar-refractivity contribution in [1.82, 2.24) is 9.97 Å². The van der Waals surface area contributed by atoms with Gasteiger partial charge in [-0.05, 0) is 12.5 Å². The van der Waals surface area contributed by atoms with Crippen LogP contribution in [0, 0.1) is 0 Å². The maximum Gasteiger partial charge on any atom is 0.303 e. The number of nitrogens with zero attached hydrogens (tertiary/aromatic N) is 2. The van der Waals surface area contributed by atoms with Gasteiger partial charge >= 0.3 is 5.97 Å². The first kappa shape index (κ1) is 11.0. The van der Waals surface area contributed by atoms with Crippen molar-refractivity contribution in [2.45, 2.75) is 30.2 Å². The van der Waals surface area contributed by atoms with Gasteiger partial charge in [-0.25, -0.2) is 9.97 Å². The van der Waals surface area contributed by atoms with Gasteiger partial charge in [0.05, 0.1) is 0 Å². The summed E-state index contributed by atoms with van der Waals surface area (Å²) in [5, 5.41) is 9.42.